The SMILES string of the molecule is CCc1nn(C)c(C(=O)OCc2ccc(Cl)cc2F)c1N. The monoisotopic (exact) mass is 311 g/mol. The second-order valence-electron chi connectivity index (χ2n) is 4.50. The van der Waals surface area contributed by atoms with Gasteiger partial charge in [-0.1, -0.05) is 24.6 Å². The van der Waals surface area contributed by atoms with E-state index < -0.39 is 11.8 Å². The molecule has 2 N–H and O–H groups in total. The third kappa shape index (κ3) is 3.16. The first-order valence-corrected chi connectivity index (χ1v) is 6.74. The van der Waals surface area contributed by atoms with E-state index in [4.69, 9.17) is 22.1 Å². The van der Waals surface area contributed by atoms with Crippen LogP contribution in [0.25, 0.3) is 0 Å². The molecule has 0 spiro atoms. The number of nitrogen functional groups attached to an aromatic ring is 1. The van der Waals surface area contributed by atoms with Crippen molar-refractivity contribution in [2.75, 3.05) is 5.73 Å². The lowest BCUT2D eigenvalue weighted by atomic mass is 10.2. The van der Waals surface area contributed by atoms with Crippen LogP contribution in [0.3, 0.4) is 0 Å². The van der Waals surface area contributed by atoms with Gasteiger partial charge in [0.25, 0.3) is 0 Å². The van der Waals surface area contributed by atoms with Gasteiger partial charge in [-0.3, -0.25) is 4.68 Å². The maximum absolute atomic E-state index is 13.6. The van der Waals surface area contributed by atoms with Gasteiger partial charge in [-0.05, 0) is 18.6 Å². The van der Waals surface area contributed by atoms with Gasteiger partial charge in [0.2, 0.25) is 0 Å². The van der Waals surface area contributed by atoms with Crippen molar-refractivity contribution in [3.63, 3.8) is 0 Å². The number of carbonyl (C=O) groups is 1. The number of ether oxygens (including phenoxy) is 1. The number of aromatic nitrogens is 2. The van der Waals surface area contributed by atoms with E-state index in [-0.39, 0.29) is 22.9 Å². The van der Waals surface area contributed by atoms with Crippen molar-refractivity contribution in [2.45, 2.75) is 20.0 Å². The predicted octanol–water partition coefficient (Wildman–Crippen LogP) is 2.71. The van der Waals surface area contributed by atoms with Crippen LogP contribution in [0.5, 0.6) is 0 Å². The fourth-order valence-corrected chi connectivity index (χ4v) is 2.11. The Balaban J connectivity index is 2.14. The Hall–Kier alpha value is -2.08. The largest absolute Gasteiger partial charge is 0.456 e. The molecule has 1 heterocycles. The molecule has 0 amide bonds. The number of hydrogen-bond acceptors (Lipinski definition) is 4. The molecule has 0 aliphatic heterocycles. The molecule has 0 saturated carbocycles. The lowest BCUT2D eigenvalue weighted by molar-refractivity contribution is 0.0457. The van der Waals surface area contributed by atoms with Crippen molar-refractivity contribution in [1.82, 2.24) is 9.78 Å². The number of nitrogens with two attached hydrogens (primary N) is 1. The van der Waals surface area contributed by atoms with Crippen LogP contribution in [0.1, 0.15) is 28.7 Å². The zero-order valence-electron chi connectivity index (χ0n) is 11.7. The number of carbonyl (C=O) groups excluding carboxylic acids is 1. The van der Waals surface area contributed by atoms with Crippen LogP contribution in [0.2, 0.25) is 5.02 Å². The molecule has 0 radical (unpaired) electrons. The van der Waals surface area contributed by atoms with Gasteiger partial charge < -0.3 is 10.5 Å². The fraction of sp³-hybridized carbons (Fsp3) is 0.286. The Morgan fingerprint density at radius 1 is 1.52 bits per heavy atom. The molecule has 2 aromatic rings. The summed E-state index contributed by atoms with van der Waals surface area (Å²) in [5.41, 5.74) is 7.19. The van der Waals surface area contributed by atoms with Gasteiger partial charge in [-0.15, -0.1) is 0 Å². The molecular formula is C14H15ClFN3O2. The number of esters is 1. The summed E-state index contributed by atoms with van der Waals surface area (Å²) < 4.78 is 20.1. The number of rotatable bonds is 4. The summed E-state index contributed by atoms with van der Waals surface area (Å²) in [4.78, 5) is 12.1. The van der Waals surface area contributed by atoms with Crippen molar-refractivity contribution in [3.05, 3.63) is 46.0 Å². The maximum atomic E-state index is 13.6. The molecule has 112 valence electrons. The molecule has 0 saturated heterocycles. The van der Waals surface area contributed by atoms with E-state index >= 15 is 0 Å². The minimum Gasteiger partial charge on any atom is -0.456 e. The number of anilines is 1. The fourth-order valence-electron chi connectivity index (χ4n) is 1.95. The van der Waals surface area contributed by atoms with E-state index in [9.17, 15) is 9.18 Å². The number of aryl methyl sites for hydroxylation is 2. The number of halogens is 2. The van der Waals surface area contributed by atoms with Gasteiger partial charge in [0.15, 0.2) is 5.69 Å². The van der Waals surface area contributed by atoms with E-state index in [1.807, 2.05) is 6.92 Å². The number of benzene rings is 1. The van der Waals surface area contributed by atoms with E-state index in [1.54, 1.807) is 7.05 Å². The molecule has 0 unspecified atom stereocenters. The molecule has 0 atom stereocenters. The first kappa shape index (κ1) is 15.3. The molecule has 1 aromatic carbocycles. The van der Waals surface area contributed by atoms with E-state index in [2.05, 4.69) is 5.10 Å². The third-order valence-corrected chi connectivity index (χ3v) is 3.30. The highest BCUT2D eigenvalue weighted by molar-refractivity contribution is 6.30. The van der Waals surface area contributed by atoms with Gasteiger partial charge in [0.1, 0.15) is 12.4 Å². The summed E-state index contributed by atoms with van der Waals surface area (Å²) >= 11 is 5.66. The van der Waals surface area contributed by atoms with Gasteiger partial charge in [0, 0.05) is 17.6 Å². The molecule has 5 nitrogen and oxygen atoms in total. The van der Waals surface area contributed by atoms with E-state index in [0.29, 0.717) is 17.8 Å². The zero-order valence-corrected chi connectivity index (χ0v) is 12.4. The normalized spacial score (nSPS) is 10.7. The Kier molecular flexibility index (Phi) is 4.47. The summed E-state index contributed by atoms with van der Waals surface area (Å²) in [6.45, 7) is 1.69. The Morgan fingerprint density at radius 3 is 2.81 bits per heavy atom. The lowest BCUT2D eigenvalue weighted by Crippen LogP contribution is -2.13. The van der Waals surface area contributed by atoms with Gasteiger partial charge in [-0.25, -0.2) is 9.18 Å². The Labute approximate surface area is 126 Å². The quantitative estimate of drug-likeness (QED) is 0.881. The average molecular weight is 312 g/mol. The Morgan fingerprint density at radius 2 is 2.24 bits per heavy atom. The standard InChI is InChI=1S/C14H15ClFN3O2/c1-3-11-12(17)13(19(2)18-11)14(20)21-7-8-4-5-9(15)6-10(8)16/h4-6H,3,7,17H2,1-2H3. The van der Waals surface area contributed by atoms with E-state index in [1.165, 1.54) is 22.9 Å². The van der Waals surface area contributed by atoms with Crippen LogP contribution in [0.4, 0.5) is 10.1 Å². The molecule has 0 fully saturated rings. The summed E-state index contributed by atoms with van der Waals surface area (Å²) in [5, 5.41) is 4.42. The number of nitrogens with zero attached hydrogens (tertiary/aromatic N) is 2. The molecule has 0 aliphatic rings. The average Bonchev–Trinajstić information content (AvgIpc) is 2.72. The Bertz CT molecular complexity index is 685. The summed E-state index contributed by atoms with van der Waals surface area (Å²) in [5.74, 6) is -1.17. The lowest BCUT2D eigenvalue weighted by Gasteiger charge is -2.07. The molecule has 0 bridgehead atoms. The second kappa shape index (κ2) is 6.13. The molecule has 21 heavy (non-hydrogen) atoms. The molecule has 1 aromatic heterocycles. The van der Waals surface area contributed by atoms with Crippen LogP contribution in [-0.2, 0) is 24.8 Å². The molecule has 7 heteroatoms. The van der Waals surface area contributed by atoms with E-state index in [0.717, 1.165) is 0 Å². The first-order valence-electron chi connectivity index (χ1n) is 6.36. The minimum absolute atomic E-state index is 0.168. The highest BCUT2D eigenvalue weighted by atomic mass is 35.5. The second-order valence-corrected chi connectivity index (χ2v) is 4.93. The van der Waals surface area contributed by atoms with Crippen LogP contribution in [0.15, 0.2) is 18.2 Å². The molecule has 2 rings (SSSR count). The van der Waals surface area contributed by atoms with Crippen molar-refractivity contribution in [2.24, 2.45) is 7.05 Å². The van der Waals surface area contributed by atoms with Crippen molar-refractivity contribution in [1.29, 1.82) is 0 Å². The van der Waals surface area contributed by atoms with Crippen molar-refractivity contribution >= 4 is 23.3 Å². The highest BCUT2D eigenvalue weighted by Gasteiger charge is 2.20. The van der Waals surface area contributed by atoms with Crippen LogP contribution >= 0.6 is 11.6 Å². The molecule has 0 aliphatic carbocycles. The minimum atomic E-state index is -0.642. The number of hydrogen-bond donors (Lipinski definition) is 1. The van der Waals surface area contributed by atoms with Crippen LogP contribution in [-0.4, -0.2) is 15.7 Å². The van der Waals surface area contributed by atoms with Gasteiger partial charge in [-0.2, -0.15) is 5.10 Å². The first-order chi connectivity index (χ1) is 9.93. The summed E-state index contributed by atoms with van der Waals surface area (Å²) in [6.07, 6.45) is 0.610. The smallest absolute Gasteiger partial charge is 0.359 e. The predicted molar refractivity (Wildman–Crippen MR) is 77.5 cm³/mol. The van der Waals surface area contributed by atoms with Crippen LogP contribution in [0, 0.1) is 5.82 Å². The van der Waals surface area contributed by atoms with Crippen molar-refractivity contribution < 1.29 is 13.9 Å². The topological polar surface area (TPSA) is 70.1 Å². The third-order valence-electron chi connectivity index (χ3n) is 3.06. The van der Waals surface area contributed by atoms with Crippen molar-refractivity contribution in [3.8, 4) is 0 Å². The highest BCUT2D eigenvalue weighted by Crippen LogP contribution is 2.20. The van der Waals surface area contributed by atoms with Gasteiger partial charge >= 0.3 is 5.97 Å². The van der Waals surface area contributed by atoms with Gasteiger partial charge in [0.05, 0.1) is 11.4 Å². The zero-order chi connectivity index (χ0) is 15.6. The summed E-state index contributed by atoms with van der Waals surface area (Å²) in [6, 6.07) is 4.16. The summed E-state index contributed by atoms with van der Waals surface area (Å²) in [7, 11) is 1.61. The molecular weight excluding hydrogens is 297 g/mol. The van der Waals surface area contributed by atoms with Crippen LogP contribution < -0.4 is 5.73 Å². The maximum Gasteiger partial charge on any atom is 0.359 e.